The Balaban J connectivity index is 2.00. The molecule has 0 fully saturated rings. The second-order valence-corrected chi connectivity index (χ2v) is 9.60. The van der Waals surface area contributed by atoms with Crippen molar-refractivity contribution in [3.05, 3.63) is 84.5 Å². The predicted molar refractivity (Wildman–Crippen MR) is 142 cm³/mol. The summed E-state index contributed by atoms with van der Waals surface area (Å²) in [4.78, 5) is 32.2. The van der Waals surface area contributed by atoms with Crippen LogP contribution in [0.25, 0.3) is 6.08 Å². The second-order valence-electron chi connectivity index (χ2n) is 8.59. The quantitative estimate of drug-likeness (QED) is 0.420. The molecular formula is C28H30N2O6S. The highest BCUT2D eigenvalue weighted by Gasteiger charge is 2.35. The molecule has 8 nitrogen and oxygen atoms in total. The molecule has 1 aliphatic rings. The van der Waals surface area contributed by atoms with Gasteiger partial charge in [0.05, 0.1) is 42.7 Å². The Morgan fingerprint density at radius 1 is 1.11 bits per heavy atom. The van der Waals surface area contributed by atoms with Gasteiger partial charge in [-0.15, -0.1) is 0 Å². The normalized spacial score (nSPS) is 15.3. The van der Waals surface area contributed by atoms with Crippen LogP contribution in [0.2, 0.25) is 0 Å². The number of ether oxygens (including phenoxy) is 4. The summed E-state index contributed by atoms with van der Waals surface area (Å²) >= 11 is 1.24. The number of benzene rings is 2. The molecule has 0 radical (unpaired) electrons. The van der Waals surface area contributed by atoms with Crippen LogP contribution in [-0.4, -0.2) is 37.5 Å². The molecule has 1 aromatic heterocycles. The highest BCUT2D eigenvalue weighted by atomic mass is 32.1. The van der Waals surface area contributed by atoms with Crippen molar-refractivity contribution >= 4 is 23.4 Å². The molecule has 0 saturated carbocycles. The number of esters is 1. The number of methoxy groups -OCH3 is 2. The zero-order valence-corrected chi connectivity index (χ0v) is 22.5. The first-order valence-electron chi connectivity index (χ1n) is 12.0. The first kappa shape index (κ1) is 26.2. The van der Waals surface area contributed by atoms with Gasteiger partial charge in [-0.05, 0) is 45.9 Å². The van der Waals surface area contributed by atoms with Gasteiger partial charge in [-0.2, -0.15) is 0 Å². The van der Waals surface area contributed by atoms with Gasteiger partial charge < -0.3 is 18.9 Å². The molecule has 3 aromatic rings. The Morgan fingerprint density at radius 3 is 2.51 bits per heavy atom. The smallest absolute Gasteiger partial charge is 0.338 e. The highest BCUT2D eigenvalue weighted by Crippen LogP contribution is 2.36. The molecule has 0 amide bonds. The van der Waals surface area contributed by atoms with E-state index in [1.54, 1.807) is 44.8 Å². The van der Waals surface area contributed by atoms with Crippen LogP contribution in [0.15, 0.2) is 63.5 Å². The fourth-order valence-electron chi connectivity index (χ4n) is 4.32. The average Bonchev–Trinajstić information content (AvgIpc) is 3.17. The van der Waals surface area contributed by atoms with Gasteiger partial charge in [-0.1, -0.05) is 41.7 Å². The number of para-hydroxylation sites is 2. The number of carbonyl (C=O) groups excluding carboxylic acids is 1. The Kier molecular flexibility index (Phi) is 7.83. The Labute approximate surface area is 219 Å². The lowest BCUT2D eigenvalue weighted by molar-refractivity contribution is -0.139. The fraction of sp³-hybridized carbons (Fsp3) is 0.321. The van der Waals surface area contributed by atoms with Crippen molar-refractivity contribution in [3.63, 3.8) is 0 Å². The highest BCUT2D eigenvalue weighted by molar-refractivity contribution is 7.07. The number of allylic oxidation sites excluding steroid dienone is 1. The van der Waals surface area contributed by atoms with Crippen molar-refractivity contribution in [2.24, 2.45) is 4.99 Å². The maximum Gasteiger partial charge on any atom is 0.338 e. The summed E-state index contributed by atoms with van der Waals surface area (Å²) in [5.41, 5.74) is 1.88. The number of carbonyl (C=O) groups is 1. The van der Waals surface area contributed by atoms with Crippen LogP contribution < -0.4 is 29.1 Å². The van der Waals surface area contributed by atoms with Gasteiger partial charge in [0.25, 0.3) is 5.56 Å². The molecule has 2 heterocycles. The lowest BCUT2D eigenvalue weighted by atomic mass is 9.95. The van der Waals surface area contributed by atoms with Gasteiger partial charge >= 0.3 is 5.97 Å². The molecule has 0 aliphatic carbocycles. The third-order valence-electron chi connectivity index (χ3n) is 5.81. The van der Waals surface area contributed by atoms with Gasteiger partial charge in [0.1, 0.15) is 11.8 Å². The summed E-state index contributed by atoms with van der Waals surface area (Å²) < 4.78 is 24.4. The molecule has 1 atom stereocenters. The fourth-order valence-corrected chi connectivity index (χ4v) is 5.36. The molecule has 2 aromatic carbocycles. The van der Waals surface area contributed by atoms with E-state index in [-0.39, 0.29) is 18.3 Å². The molecule has 0 unspecified atom stereocenters. The molecule has 9 heteroatoms. The molecule has 0 N–H and O–H groups in total. The minimum Gasteiger partial charge on any atom is -0.493 e. The Bertz CT molecular complexity index is 1530. The Hall–Kier alpha value is -3.85. The SMILES string of the molecule is CCOC(=O)C1=C(C)N=c2s/c(=C\c3cccc(OC)c3OC)c(=O)n2[C@@H]1c1ccccc1OC(C)C. The molecule has 0 saturated heterocycles. The third-order valence-corrected chi connectivity index (χ3v) is 6.80. The molecule has 1 aliphatic heterocycles. The number of aromatic nitrogens is 1. The maximum atomic E-state index is 13.9. The molecule has 4 rings (SSSR count). The van der Waals surface area contributed by atoms with E-state index in [9.17, 15) is 9.59 Å². The number of hydrogen-bond donors (Lipinski definition) is 0. The Morgan fingerprint density at radius 2 is 1.84 bits per heavy atom. The summed E-state index contributed by atoms with van der Waals surface area (Å²) in [6.07, 6.45) is 1.65. The van der Waals surface area contributed by atoms with E-state index in [4.69, 9.17) is 18.9 Å². The summed E-state index contributed by atoms with van der Waals surface area (Å²) in [6.45, 7) is 7.56. The van der Waals surface area contributed by atoms with Crippen LogP contribution in [0.4, 0.5) is 0 Å². The van der Waals surface area contributed by atoms with Crippen LogP contribution in [0.3, 0.4) is 0 Å². The predicted octanol–water partition coefficient (Wildman–Crippen LogP) is 3.60. The zero-order valence-electron chi connectivity index (χ0n) is 21.7. The van der Waals surface area contributed by atoms with E-state index in [0.29, 0.717) is 49.0 Å². The summed E-state index contributed by atoms with van der Waals surface area (Å²) in [5, 5.41) is 0. The van der Waals surface area contributed by atoms with E-state index in [1.165, 1.54) is 11.3 Å². The van der Waals surface area contributed by atoms with Gasteiger partial charge in [-0.3, -0.25) is 9.36 Å². The van der Waals surface area contributed by atoms with Gasteiger partial charge in [0, 0.05) is 11.1 Å². The molecule has 37 heavy (non-hydrogen) atoms. The van der Waals surface area contributed by atoms with E-state index in [2.05, 4.69) is 4.99 Å². The van der Waals surface area contributed by atoms with Crippen molar-refractivity contribution < 1.29 is 23.7 Å². The minimum absolute atomic E-state index is 0.103. The maximum absolute atomic E-state index is 13.9. The standard InChI is InChI=1S/C28H30N2O6S/c1-7-35-27(32)23-17(4)29-28-30(24(23)19-12-8-9-13-20(19)36-16(2)3)26(31)22(37-28)15-18-11-10-14-21(33-5)25(18)34-6/h8-16,24H,7H2,1-6H3/b22-15-/t24-/m1/s1. The topological polar surface area (TPSA) is 88.4 Å². The van der Waals surface area contributed by atoms with Gasteiger partial charge in [0.15, 0.2) is 16.3 Å². The van der Waals surface area contributed by atoms with Crippen LogP contribution in [0, 0.1) is 0 Å². The summed E-state index contributed by atoms with van der Waals surface area (Å²) in [5.74, 6) is 1.15. The van der Waals surface area contributed by atoms with E-state index < -0.39 is 12.0 Å². The summed E-state index contributed by atoms with van der Waals surface area (Å²) in [7, 11) is 3.11. The van der Waals surface area contributed by atoms with Crippen molar-refractivity contribution in [2.45, 2.75) is 39.8 Å². The number of hydrogen-bond acceptors (Lipinski definition) is 8. The monoisotopic (exact) mass is 522 g/mol. The molecule has 0 bridgehead atoms. The van der Waals surface area contributed by atoms with Crippen molar-refractivity contribution in [1.29, 1.82) is 0 Å². The van der Waals surface area contributed by atoms with Gasteiger partial charge in [-0.25, -0.2) is 9.79 Å². The average molecular weight is 523 g/mol. The lowest BCUT2D eigenvalue weighted by Crippen LogP contribution is -2.40. The van der Waals surface area contributed by atoms with Crippen molar-refractivity contribution in [3.8, 4) is 17.2 Å². The first-order valence-corrected chi connectivity index (χ1v) is 12.8. The van der Waals surface area contributed by atoms with E-state index in [0.717, 1.165) is 0 Å². The number of nitrogens with zero attached hydrogens (tertiary/aromatic N) is 2. The third kappa shape index (κ3) is 5.04. The molecular weight excluding hydrogens is 492 g/mol. The van der Waals surface area contributed by atoms with Crippen molar-refractivity contribution in [2.75, 3.05) is 20.8 Å². The minimum atomic E-state index is -0.764. The van der Waals surface area contributed by atoms with Crippen molar-refractivity contribution in [1.82, 2.24) is 4.57 Å². The zero-order chi connectivity index (χ0) is 26.7. The number of thiazole rings is 1. The van der Waals surface area contributed by atoms with E-state index in [1.807, 2.05) is 50.2 Å². The lowest BCUT2D eigenvalue weighted by Gasteiger charge is -2.26. The van der Waals surface area contributed by atoms with E-state index >= 15 is 0 Å². The largest absolute Gasteiger partial charge is 0.493 e. The second kappa shape index (κ2) is 11.0. The van der Waals surface area contributed by atoms with Gasteiger partial charge in [0.2, 0.25) is 0 Å². The van der Waals surface area contributed by atoms with Crippen LogP contribution in [-0.2, 0) is 9.53 Å². The van der Waals surface area contributed by atoms with Crippen LogP contribution in [0.1, 0.15) is 44.9 Å². The van der Waals surface area contributed by atoms with Crippen LogP contribution in [0.5, 0.6) is 17.2 Å². The molecule has 194 valence electrons. The summed E-state index contributed by atoms with van der Waals surface area (Å²) in [6, 6.07) is 12.1. The molecule has 0 spiro atoms. The number of fused-ring (bicyclic) bond motifs is 1. The number of rotatable bonds is 8. The first-order chi connectivity index (χ1) is 17.8. The van der Waals surface area contributed by atoms with Crippen LogP contribution >= 0.6 is 11.3 Å².